The van der Waals surface area contributed by atoms with Gasteiger partial charge in [0, 0.05) is 45.7 Å². The van der Waals surface area contributed by atoms with Gasteiger partial charge in [-0.25, -0.2) is 9.97 Å². The number of hydrogen-bond acceptors (Lipinski definition) is 7. The molecule has 35 heavy (non-hydrogen) atoms. The number of ether oxygens (including phenoxy) is 1. The summed E-state index contributed by atoms with van der Waals surface area (Å²) in [6, 6.07) is 9.66. The first-order chi connectivity index (χ1) is 16.7. The van der Waals surface area contributed by atoms with Gasteiger partial charge in [-0.05, 0) is 43.0 Å². The number of carbonyl (C=O) groups is 1. The Balaban J connectivity index is 1.81. The number of anilines is 2. The molecule has 1 aliphatic carbocycles. The van der Waals surface area contributed by atoms with Gasteiger partial charge >= 0.3 is 5.97 Å². The molecule has 0 radical (unpaired) electrons. The van der Waals surface area contributed by atoms with Crippen LogP contribution in [0.15, 0.2) is 41.3 Å². The van der Waals surface area contributed by atoms with Crippen LogP contribution in [0.2, 0.25) is 0 Å². The van der Waals surface area contributed by atoms with Gasteiger partial charge in [-0.1, -0.05) is 31.2 Å². The molecule has 0 saturated carbocycles. The van der Waals surface area contributed by atoms with E-state index in [1.54, 1.807) is 10.8 Å². The first-order valence-corrected chi connectivity index (χ1v) is 12.0. The number of aromatic nitrogens is 3. The molecule has 2 aromatic heterocycles. The van der Waals surface area contributed by atoms with Crippen molar-refractivity contribution in [2.45, 2.75) is 59.2 Å². The van der Waals surface area contributed by atoms with E-state index in [-0.39, 0.29) is 17.6 Å². The lowest BCUT2D eigenvalue weighted by Gasteiger charge is -2.25. The monoisotopic (exact) mass is 475 g/mol. The van der Waals surface area contributed by atoms with Gasteiger partial charge < -0.3 is 15.0 Å². The molecule has 1 aromatic carbocycles. The quantitative estimate of drug-likeness (QED) is 0.518. The maximum Gasteiger partial charge on any atom is 0.302 e. The van der Waals surface area contributed by atoms with Gasteiger partial charge in [0.15, 0.2) is 0 Å². The minimum atomic E-state index is -0.395. The lowest BCUT2D eigenvalue weighted by molar-refractivity contribution is -0.146. The molecule has 8 nitrogen and oxygen atoms in total. The fourth-order valence-corrected chi connectivity index (χ4v) is 4.73. The number of fused-ring (bicyclic) bond motifs is 1. The molecule has 3 aromatic rings. The number of rotatable bonds is 7. The third kappa shape index (κ3) is 4.65. The largest absolute Gasteiger partial charge is 0.460 e. The predicted octanol–water partition coefficient (Wildman–Crippen LogP) is 3.90. The van der Waals surface area contributed by atoms with Crippen LogP contribution in [0, 0.1) is 6.92 Å². The Kier molecular flexibility index (Phi) is 6.91. The number of esters is 1. The van der Waals surface area contributed by atoms with Crippen LogP contribution >= 0.6 is 0 Å². The smallest absolute Gasteiger partial charge is 0.302 e. The van der Waals surface area contributed by atoms with Gasteiger partial charge in [0.25, 0.3) is 5.56 Å². The molecule has 0 aliphatic heterocycles. The summed E-state index contributed by atoms with van der Waals surface area (Å²) in [7, 11) is 3.89. The van der Waals surface area contributed by atoms with Crippen molar-refractivity contribution in [2.75, 3.05) is 24.3 Å². The Morgan fingerprint density at radius 3 is 2.63 bits per heavy atom. The Morgan fingerprint density at radius 2 is 2.00 bits per heavy atom. The summed E-state index contributed by atoms with van der Waals surface area (Å²) in [6.45, 7) is 7.80. The lowest BCUT2D eigenvalue weighted by Crippen LogP contribution is -2.33. The fraction of sp³-hybridized carbons (Fsp3) is 0.407. The Labute approximate surface area is 206 Å². The first-order valence-electron chi connectivity index (χ1n) is 12.0. The number of carbonyl (C=O) groups excluding carboxylic acids is 1. The van der Waals surface area contributed by atoms with E-state index in [4.69, 9.17) is 9.72 Å². The van der Waals surface area contributed by atoms with Crippen molar-refractivity contribution in [3.05, 3.63) is 69.3 Å². The molecule has 0 amide bonds. The molecule has 0 saturated heterocycles. The highest BCUT2D eigenvalue weighted by Crippen LogP contribution is 2.36. The van der Waals surface area contributed by atoms with Crippen molar-refractivity contribution in [1.82, 2.24) is 14.5 Å². The molecule has 184 valence electrons. The maximum absolute atomic E-state index is 13.8. The fourth-order valence-electron chi connectivity index (χ4n) is 4.73. The number of nitrogens with zero attached hydrogens (tertiary/aromatic N) is 4. The van der Waals surface area contributed by atoms with Gasteiger partial charge in [0.2, 0.25) is 0 Å². The van der Waals surface area contributed by atoms with Crippen molar-refractivity contribution >= 4 is 17.5 Å². The molecule has 2 atom stereocenters. The Bertz CT molecular complexity index is 1310. The number of benzene rings is 1. The van der Waals surface area contributed by atoms with E-state index in [0.29, 0.717) is 36.6 Å². The molecule has 0 spiro atoms. The Morgan fingerprint density at radius 1 is 1.26 bits per heavy atom. The minimum Gasteiger partial charge on any atom is -0.460 e. The highest BCUT2D eigenvalue weighted by Gasteiger charge is 2.36. The molecule has 2 heterocycles. The summed E-state index contributed by atoms with van der Waals surface area (Å²) in [5.74, 6) is 1.12. The molecule has 1 aliphatic rings. The molecular weight excluding hydrogens is 442 g/mol. The van der Waals surface area contributed by atoms with Crippen molar-refractivity contribution in [3.8, 4) is 11.4 Å². The van der Waals surface area contributed by atoms with Crippen molar-refractivity contribution in [3.63, 3.8) is 0 Å². The maximum atomic E-state index is 13.8. The molecular formula is C27H33N5O3. The normalized spacial score (nSPS) is 16.6. The van der Waals surface area contributed by atoms with E-state index in [1.165, 1.54) is 6.92 Å². The van der Waals surface area contributed by atoms with Crippen LogP contribution in [0.4, 0.5) is 11.5 Å². The number of hydrogen-bond donors (Lipinski definition) is 1. The van der Waals surface area contributed by atoms with E-state index in [9.17, 15) is 9.59 Å². The second-order valence-corrected chi connectivity index (χ2v) is 9.08. The van der Waals surface area contributed by atoms with Crippen LogP contribution in [0.5, 0.6) is 0 Å². The number of nitrogens with one attached hydrogen (secondary N) is 1. The molecule has 0 bridgehead atoms. The molecule has 4 rings (SSSR count). The van der Waals surface area contributed by atoms with Crippen molar-refractivity contribution in [1.29, 1.82) is 0 Å². The highest BCUT2D eigenvalue weighted by atomic mass is 16.5. The third-order valence-corrected chi connectivity index (χ3v) is 6.49. The van der Waals surface area contributed by atoms with Gasteiger partial charge in [-0.3, -0.25) is 14.2 Å². The predicted molar refractivity (Wildman–Crippen MR) is 138 cm³/mol. The van der Waals surface area contributed by atoms with Gasteiger partial charge in [-0.15, -0.1) is 0 Å². The first kappa shape index (κ1) is 24.4. The zero-order valence-corrected chi connectivity index (χ0v) is 21.3. The van der Waals surface area contributed by atoms with E-state index < -0.39 is 6.10 Å². The summed E-state index contributed by atoms with van der Waals surface area (Å²) >= 11 is 0. The summed E-state index contributed by atoms with van der Waals surface area (Å²) < 4.78 is 7.33. The van der Waals surface area contributed by atoms with Crippen LogP contribution in [-0.4, -0.2) is 40.7 Å². The van der Waals surface area contributed by atoms with E-state index in [2.05, 4.69) is 10.3 Å². The molecule has 0 unspecified atom stereocenters. The SMILES string of the molecule is CCc1nc(-c2cnc(N(C)C)cc2C)n(CC)c(=O)c1N[C@@H]1c2ccccc2C[C@@H]1OC(C)=O. The van der Waals surface area contributed by atoms with Gasteiger partial charge in [0.1, 0.15) is 23.4 Å². The molecule has 8 heteroatoms. The van der Waals surface area contributed by atoms with Crippen molar-refractivity contribution < 1.29 is 9.53 Å². The number of pyridine rings is 1. The van der Waals surface area contributed by atoms with E-state index >= 15 is 0 Å². The summed E-state index contributed by atoms with van der Waals surface area (Å²) in [5.41, 5.74) is 4.96. The van der Waals surface area contributed by atoms with Gasteiger partial charge in [0.05, 0.1) is 11.7 Å². The van der Waals surface area contributed by atoms with Crippen LogP contribution in [-0.2, 0) is 28.9 Å². The van der Waals surface area contributed by atoms with Crippen LogP contribution in [0.25, 0.3) is 11.4 Å². The summed E-state index contributed by atoms with van der Waals surface area (Å²) in [5, 5.41) is 3.44. The van der Waals surface area contributed by atoms with Gasteiger partial charge in [-0.2, -0.15) is 0 Å². The van der Waals surface area contributed by atoms with Crippen LogP contribution in [0.1, 0.15) is 49.2 Å². The minimum absolute atomic E-state index is 0.142. The second kappa shape index (κ2) is 9.90. The zero-order chi connectivity index (χ0) is 25.3. The second-order valence-electron chi connectivity index (χ2n) is 9.08. The average Bonchev–Trinajstić information content (AvgIpc) is 3.16. The van der Waals surface area contributed by atoms with Crippen LogP contribution < -0.4 is 15.8 Å². The van der Waals surface area contributed by atoms with E-state index in [0.717, 1.165) is 28.1 Å². The standard InChI is InChI=1S/C27H33N5O3/c1-7-21-25(30-24-19-12-10-9-11-18(19)14-22(24)35-17(4)33)27(34)32(8-2)26(29-21)20-15-28-23(31(5)6)13-16(20)3/h9-13,15,22,24,30H,7-8,14H2,1-6H3/t22-,24+/m0/s1. The average molecular weight is 476 g/mol. The third-order valence-electron chi connectivity index (χ3n) is 6.49. The van der Waals surface area contributed by atoms with Crippen molar-refractivity contribution in [2.24, 2.45) is 0 Å². The summed E-state index contributed by atoms with van der Waals surface area (Å²) in [4.78, 5) is 37.1. The topological polar surface area (TPSA) is 89.3 Å². The number of aryl methyl sites for hydroxylation is 2. The Hall–Kier alpha value is -3.68. The highest BCUT2D eigenvalue weighted by molar-refractivity contribution is 5.67. The van der Waals surface area contributed by atoms with Crippen LogP contribution in [0.3, 0.4) is 0 Å². The summed E-state index contributed by atoms with van der Waals surface area (Å²) in [6.07, 6.45) is 2.57. The van der Waals surface area contributed by atoms with E-state index in [1.807, 2.05) is 70.1 Å². The zero-order valence-electron chi connectivity index (χ0n) is 21.3. The molecule has 1 N–H and O–H groups in total. The molecule has 0 fully saturated rings. The lowest BCUT2D eigenvalue weighted by atomic mass is 10.1.